The van der Waals surface area contributed by atoms with Gasteiger partial charge in [-0.1, -0.05) is 17.7 Å². The summed E-state index contributed by atoms with van der Waals surface area (Å²) < 4.78 is 13.6. The van der Waals surface area contributed by atoms with Crippen molar-refractivity contribution in [2.75, 3.05) is 0 Å². The molecule has 0 amide bonds. The average molecular weight is 235 g/mol. The molecule has 1 aromatic carbocycles. The number of halogens is 3. The fourth-order valence-corrected chi connectivity index (χ4v) is 1.58. The third-order valence-electron chi connectivity index (χ3n) is 2.04. The second-order valence-electron chi connectivity index (χ2n) is 2.80. The summed E-state index contributed by atoms with van der Waals surface area (Å²) in [5.41, 5.74) is 6.54. The minimum atomic E-state index is -0.328. The Hall–Kier alpha value is -0.770. The van der Waals surface area contributed by atoms with Crippen molar-refractivity contribution >= 4 is 34.9 Å². The van der Waals surface area contributed by atoms with E-state index in [0.717, 1.165) is 0 Å². The summed E-state index contributed by atoms with van der Waals surface area (Å²) in [4.78, 5) is 2.87. The SMILES string of the molecule is Cl.NCc1ccc2[nH]cc(Cl)c2c1F. The number of benzene rings is 1. The van der Waals surface area contributed by atoms with Crippen LogP contribution in [0.2, 0.25) is 5.02 Å². The topological polar surface area (TPSA) is 41.8 Å². The van der Waals surface area contributed by atoms with Gasteiger partial charge in [-0.25, -0.2) is 4.39 Å². The van der Waals surface area contributed by atoms with Gasteiger partial charge in [0.25, 0.3) is 0 Å². The zero-order valence-electron chi connectivity index (χ0n) is 7.18. The fraction of sp³-hybridized carbons (Fsp3) is 0.111. The second kappa shape index (κ2) is 4.17. The van der Waals surface area contributed by atoms with Crippen LogP contribution in [0.4, 0.5) is 4.39 Å². The van der Waals surface area contributed by atoms with Crippen LogP contribution in [0.5, 0.6) is 0 Å². The van der Waals surface area contributed by atoms with Crippen LogP contribution in [0, 0.1) is 5.82 Å². The molecule has 0 unspecified atom stereocenters. The van der Waals surface area contributed by atoms with Crippen LogP contribution in [0.1, 0.15) is 5.56 Å². The lowest BCUT2D eigenvalue weighted by Gasteiger charge is -2.00. The molecule has 0 bridgehead atoms. The highest BCUT2D eigenvalue weighted by atomic mass is 35.5. The predicted molar refractivity (Wildman–Crippen MR) is 58.4 cm³/mol. The molecule has 0 radical (unpaired) electrons. The Bertz CT molecular complexity index is 453. The van der Waals surface area contributed by atoms with Gasteiger partial charge in [-0.15, -0.1) is 12.4 Å². The second-order valence-corrected chi connectivity index (χ2v) is 3.21. The number of rotatable bonds is 1. The highest BCUT2D eigenvalue weighted by Gasteiger charge is 2.10. The van der Waals surface area contributed by atoms with Gasteiger partial charge in [0.15, 0.2) is 0 Å². The minimum Gasteiger partial charge on any atom is -0.360 e. The van der Waals surface area contributed by atoms with Crippen molar-refractivity contribution < 1.29 is 4.39 Å². The molecule has 0 saturated heterocycles. The van der Waals surface area contributed by atoms with E-state index in [1.165, 1.54) is 0 Å². The molecule has 2 rings (SSSR count). The molecule has 0 spiro atoms. The van der Waals surface area contributed by atoms with E-state index in [4.69, 9.17) is 17.3 Å². The van der Waals surface area contributed by atoms with Gasteiger partial charge in [-0.05, 0) is 6.07 Å². The molecular weight excluding hydrogens is 226 g/mol. The monoisotopic (exact) mass is 234 g/mol. The van der Waals surface area contributed by atoms with Crippen LogP contribution in [0.3, 0.4) is 0 Å². The number of hydrogen-bond acceptors (Lipinski definition) is 1. The largest absolute Gasteiger partial charge is 0.360 e. The number of hydrogen-bond donors (Lipinski definition) is 2. The predicted octanol–water partition coefficient (Wildman–Crippen LogP) is 2.84. The van der Waals surface area contributed by atoms with Crippen LogP contribution in [0.15, 0.2) is 18.3 Å². The van der Waals surface area contributed by atoms with Gasteiger partial charge < -0.3 is 10.7 Å². The number of aromatic amines is 1. The number of nitrogens with one attached hydrogen (secondary N) is 1. The van der Waals surface area contributed by atoms with Gasteiger partial charge in [0.2, 0.25) is 0 Å². The summed E-state index contributed by atoms with van der Waals surface area (Å²) in [5.74, 6) is -0.328. The van der Waals surface area contributed by atoms with E-state index in [9.17, 15) is 4.39 Å². The maximum absolute atomic E-state index is 13.6. The Labute approximate surface area is 91.6 Å². The first kappa shape index (κ1) is 11.3. The van der Waals surface area contributed by atoms with Crippen molar-refractivity contribution in [2.24, 2.45) is 5.73 Å². The number of nitrogens with two attached hydrogens (primary N) is 1. The third-order valence-corrected chi connectivity index (χ3v) is 2.33. The number of aromatic nitrogens is 1. The first-order chi connectivity index (χ1) is 6.24. The van der Waals surface area contributed by atoms with Crippen molar-refractivity contribution in [2.45, 2.75) is 6.54 Å². The summed E-state index contributed by atoms with van der Waals surface area (Å²) in [6, 6.07) is 3.43. The molecular formula is C9H9Cl2FN2. The summed E-state index contributed by atoms with van der Waals surface area (Å²) in [6.07, 6.45) is 1.57. The molecule has 0 saturated carbocycles. The van der Waals surface area contributed by atoms with Crippen LogP contribution in [-0.4, -0.2) is 4.98 Å². The fourth-order valence-electron chi connectivity index (χ4n) is 1.34. The molecule has 76 valence electrons. The van der Waals surface area contributed by atoms with Crippen LogP contribution < -0.4 is 5.73 Å². The minimum absolute atomic E-state index is 0. The van der Waals surface area contributed by atoms with Gasteiger partial charge in [0.05, 0.1) is 10.4 Å². The number of H-pyrrole nitrogens is 1. The summed E-state index contributed by atoms with van der Waals surface area (Å²) in [6.45, 7) is 0.184. The van der Waals surface area contributed by atoms with Gasteiger partial charge in [-0.3, -0.25) is 0 Å². The van der Waals surface area contributed by atoms with Crippen LogP contribution >= 0.6 is 24.0 Å². The highest BCUT2D eigenvalue weighted by molar-refractivity contribution is 6.35. The zero-order valence-corrected chi connectivity index (χ0v) is 8.75. The summed E-state index contributed by atoms with van der Waals surface area (Å²) in [7, 11) is 0. The molecule has 0 aliphatic rings. The Morgan fingerprint density at radius 2 is 2.14 bits per heavy atom. The van der Waals surface area contributed by atoms with E-state index < -0.39 is 0 Å². The average Bonchev–Trinajstić information content (AvgIpc) is 2.49. The Morgan fingerprint density at radius 1 is 1.43 bits per heavy atom. The lowest BCUT2D eigenvalue weighted by Crippen LogP contribution is -1.99. The smallest absolute Gasteiger partial charge is 0.138 e. The molecule has 0 fully saturated rings. The van der Waals surface area contributed by atoms with Crippen LogP contribution in [-0.2, 0) is 6.54 Å². The third kappa shape index (κ3) is 1.59. The maximum atomic E-state index is 13.6. The number of fused-ring (bicyclic) bond motifs is 1. The lowest BCUT2D eigenvalue weighted by atomic mass is 10.1. The zero-order chi connectivity index (χ0) is 9.42. The standard InChI is InChI=1S/C9H8ClFN2.ClH/c10-6-4-13-7-2-1-5(3-12)9(11)8(6)7;/h1-2,4,13H,3,12H2;1H. The normalized spacial score (nSPS) is 10.2. The van der Waals surface area contributed by atoms with E-state index >= 15 is 0 Å². The van der Waals surface area contributed by atoms with E-state index in [1.54, 1.807) is 18.3 Å². The van der Waals surface area contributed by atoms with E-state index in [2.05, 4.69) is 4.98 Å². The van der Waals surface area contributed by atoms with Crippen molar-refractivity contribution in [1.29, 1.82) is 0 Å². The Kier molecular flexibility index (Phi) is 3.37. The van der Waals surface area contributed by atoms with Crippen molar-refractivity contribution in [3.63, 3.8) is 0 Å². The quantitative estimate of drug-likeness (QED) is 0.783. The van der Waals surface area contributed by atoms with Gasteiger partial charge >= 0.3 is 0 Å². The molecule has 1 aromatic heterocycles. The Balaban J connectivity index is 0.000000980. The molecule has 3 N–H and O–H groups in total. The van der Waals surface area contributed by atoms with Gasteiger partial charge in [0, 0.05) is 23.8 Å². The van der Waals surface area contributed by atoms with Gasteiger partial charge in [0.1, 0.15) is 5.82 Å². The lowest BCUT2D eigenvalue weighted by molar-refractivity contribution is 0.623. The first-order valence-electron chi connectivity index (χ1n) is 3.88. The van der Waals surface area contributed by atoms with E-state index in [-0.39, 0.29) is 24.8 Å². The van der Waals surface area contributed by atoms with E-state index in [1.807, 2.05) is 0 Å². The van der Waals surface area contributed by atoms with E-state index in [0.29, 0.717) is 21.5 Å². The maximum Gasteiger partial charge on any atom is 0.138 e. The molecule has 0 aliphatic carbocycles. The highest BCUT2D eigenvalue weighted by Crippen LogP contribution is 2.27. The molecule has 0 atom stereocenters. The molecule has 2 nitrogen and oxygen atoms in total. The van der Waals surface area contributed by atoms with Crippen molar-refractivity contribution in [1.82, 2.24) is 4.98 Å². The summed E-state index contributed by atoms with van der Waals surface area (Å²) in [5, 5.41) is 0.812. The molecule has 5 heteroatoms. The van der Waals surface area contributed by atoms with Crippen LogP contribution in [0.25, 0.3) is 10.9 Å². The Morgan fingerprint density at radius 3 is 2.79 bits per heavy atom. The first-order valence-corrected chi connectivity index (χ1v) is 4.26. The van der Waals surface area contributed by atoms with Crippen molar-refractivity contribution in [3.05, 3.63) is 34.7 Å². The molecule has 0 aliphatic heterocycles. The molecule has 1 heterocycles. The van der Waals surface area contributed by atoms with Crippen molar-refractivity contribution in [3.8, 4) is 0 Å². The molecule has 2 aromatic rings. The summed E-state index contributed by atoms with van der Waals surface area (Å²) >= 11 is 5.79. The molecule has 14 heavy (non-hydrogen) atoms. The van der Waals surface area contributed by atoms with Gasteiger partial charge in [-0.2, -0.15) is 0 Å².